The topological polar surface area (TPSA) is 37.3 Å². The van der Waals surface area contributed by atoms with Crippen LogP contribution in [0.15, 0.2) is 0 Å². The van der Waals surface area contributed by atoms with Gasteiger partial charge in [0.25, 0.3) is 0 Å². The Hall–Kier alpha value is -1.23. The maximum Gasteiger partial charge on any atom is 0.438 e. The van der Waals surface area contributed by atoms with Crippen LogP contribution in [0.5, 0.6) is 0 Å². The van der Waals surface area contributed by atoms with Crippen molar-refractivity contribution in [1.29, 1.82) is 0 Å². The fourth-order valence-corrected chi connectivity index (χ4v) is 5.04. The van der Waals surface area contributed by atoms with E-state index in [2.05, 4.69) is 0 Å². The molecule has 0 aromatic heterocycles. The summed E-state index contributed by atoms with van der Waals surface area (Å²) in [5, 5.41) is 9.15. The van der Waals surface area contributed by atoms with Crippen molar-refractivity contribution in [3.8, 4) is 11.8 Å². The molecule has 2 fully saturated rings. The second kappa shape index (κ2) is 6.68. The third-order valence-corrected chi connectivity index (χ3v) is 6.44. The first-order valence-electron chi connectivity index (χ1n) is 8.95. The summed E-state index contributed by atoms with van der Waals surface area (Å²) in [6.07, 6.45) is -8.67. The molecule has 2 aliphatic rings. The van der Waals surface area contributed by atoms with Crippen molar-refractivity contribution in [2.24, 2.45) is 22.7 Å². The highest BCUT2D eigenvalue weighted by molar-refractivity contribution is 5.83. The Morgan fingerprint density at radius 1 is 1.11 bits per heavy atom. The van der Waals surface area contributed by atoms with Crippen LogP contribution in [0.4, 0.5) is 26.3 Å². The summed E-state index contributed by atoms with van der Waals surface area (Å²) in [4.78, 5) is 12.2. The minimum absolute atomic E-state index is 0.0431. The van der Waals surface area contributed by atoms with E-state index in [1.165, 1.54) is 0 Å². The lowest BCUT2D eigenvalue weighted by atomic mass is 9.58. The van der Waals surface area contributed by atoms with Crippen LogP contribution < -0.4 is 0 Å². The summed E-state index contributed by atoms with van der Waals surface area (Å²) in [5.41, 5.74) is -6.05. The normalized spacial score (nSPS) is 29.9. The van der Waals surface area contributed by atoms with Crippen LogP contribution in [0.1, 0.15) is 59.3 Å². The van der Waals surface area contributed by atoms with Crippen molar-refractivity contribution >= 4 is 5.78 Å². The molecule has 1 N–H and O–H groups in total. The van der Waals surface area contributed by atoms with E-state index in [1.54, 1.807) is 13.8 Å². The molecule has 3 atom stereocenters. The van der Waals surface area contributed by atoms with Gasteiger partial charge in [-0.1, -0.05) is 26.7 Å². The summed E-state index contributed by atoms with van der Waals surface area (Å²) in [7, 11) is 0. The van der Waals surface area contributed by atoms with Gasteiger partial charge in [0, 0.05) is 18.8 Å². The van der Waals surface area contributed by atoms with Gasteiger partial charge in [-0.3, -0.25) is 4.79 Å². The Bertz CT molecular complexity index is 638. The lowest BCUT2D eigenvalue weighted by molar-refractivity contribution is -0.343. The number of ketones is 1. The minimum Gasteiger partial charge on any atom is -0.363 e. The molecule has 154 valence electrons. The van der Waals surface area contributed by atoms with E-state index in [4.69, 9.17) is 5.11 Å². The molecular weight excluding hydrogens is 374 g/mol. The molecule has 1 unspecified atom stereocenters. The van der Waals surface area contributed by atoms with Crippen LogP contribution in [-0.4, -0.2) is 28.8 Å². The number of hydrogen-bond donors (Lipinski definition) is 1. The molecule has 0 saturated heterocycles. The summed E-state index contributed by atoms with van der Waals surface area (Å²) in [6, 6.07) is 0. The van der Waals surface area contributed by atoms with Gasteiger partial charge in [-0.25, -0.2) is 0 Å². The SMILES string of the molecule is CC(C)(CC#CC(O)(C(F)(F)F)C(F)(F)F)C1CC[C@H]2C(=O)CCC[C@]12C. The molecule has 0 aromatic carbocycles. The van der Waals surface area contributed by atoms with Gasteiger partial charge >= 0.3 is 18.0 Å². The first-order chi connectivity index (χ1) is 12.1. The van der Waals surface area contributed by atoms with Gasteiger partial charge in [0.1, 0.15) is 5.78 Å². The van der Waals surface area contributed by atoms with Gasteiger partial charge in [0.15, 0.2) is 0 Å². The van der Waals surface area contributed by atoms with Crippen LogP contribution in [0.25, 0.3) is 0 Å². The van der Waals surface area contributed by atoms with E-state index in [1.807, 2.05) is 12.8 Å². The highest BCUT2D eigenvalue weighted by Gasteiger charge is 2.70. The number of fused-ring (bicyclic) bond motifs is 1. The summed E-state index contributed by atoms with van der Waals surface area (Å²) in [6.45, 7) is 5.49. The number of alkyl halides is 6. The van der Waals surface area contributed by atoms with Crippen molar-refractivity contribution in [2.45, 2.75) is 77.2 Å². The van der Waals surface area contributed by atoms with Crippen molar-refractivity contribution in [3.63, 3.8) is 0 Å². The molecule has 0 radical (unpaired) electrons. The van der Waals surface area contributed by atoms with E-state index >= 15 is 0 Å². The summed E-state index contributed by atoms with van der Waals surface area (Å²) in [5.74, 6) is 3.04. The second-order valence-electron chi connectivity index (χ2n) is 8.68. The average Bonchev–Trinajstić information content (AvgIpc) is 2.84. The molecular formula is C19H24F6O2. The Morgan fingerprint density at radius 3 is 2.19 bits per heavy atom. The molecule has 0 amide bonds. The van der Waals surface area contributed by atoms with E-state index < -0.39 is 23.4 Å². The van der Waals surface area contributed by atoms with Gasteiger partial charge in [0.05, 0.1) is 0 Å². The number of Topliss-reactive ketones (excluding diaryl/α,β-unsaturated/α-hetero) is 1. The lowest BCUT2D eigenvalue weighted by Gasteiger charge is -2.46. The molecule has 2 saturated carbocycles. The quantitative estimate of drug-likeness (QED) is 0.522. The molecule has 2 aliphatic carbocycles. The van der Waals surface area contributed by atoms with Crippen LogP contribution in [0.2, 0.25) is 0 Å². The van der Waals surface area contributed by atoms with Gasteiger partial charge in [0.2, 0.25) is 0 Å². The zero-order chi connectivity index (χ0) is 20.9. The molecule has 0 heterocycles. The summed E-state index contributed by atoms with van der Waals surface area (Å²) < 4.78 is 76.4. The zero-order valence-electron chi connectivity index (χ0n) is 15.5. The third-order valence-electron chi connectivity index (χ3n) is 6.44. The zero-order valence-corrected chi connectivity index (χ0v) is 15.5. The standard InChI is InChI=1S/C19H24F6O2/c1-15(2,9-5-11-17(27,18(20,21)22)19(23,24)25)14-8-7-12-13(26)6-4-10-16(12,14)3/h12,14,27H,4,6-10H2,1-3H3/t12-,14?,16-/m0/s1. The maximum absolute atomic E-state index is 12.7. The minimum atomic E-state index is -5.94. The summed E-state index contributed by atoms with van der Waals surface area (Å²) >= 11 is 0. The van der Waals surface area contributed by atoms with Crippen molar-refractivity contribution in [3.05, 3.63) is 0 Å². The number of rotatable bonds is 2. The Morgan fingerprint density at radius 2 is 1.67 bits per heavy atom. The molecule has 2 rings (SSSR count). The average molecular weight is 398 g/mol. The van der Waals surface area contributed by atoms with Crippen LogP contribution in [0, 0.1) is 34.5 Å². The fraction of sp³-hybridized carbons (Fsp3) is 0.842. The van der Waals surface area contributed by atoms with Crippen molar-refractivity contribution < 1.29 is 36.2 Å². The Kier molecular flexibility index (Phi) is 5.46. The lowest BCUT2D eigenvalue weighted by Crippen LogP contribution is -2.55. The Balaban J connectivity index is 2.25. The van der Waals surface area contributed by atoms with Crippen LogP contribution in [-0.2, 0) is 4.79 Å². The fourth-order valence-electron chi connectivity index (χ4n) is 5.04. The predicted octanol–water partition coefficient (Wildman–Crippen LogP) is 5.05. The largest absolute Gasteiger partial charge is 0.438 e. The number of carbonyl (C=O) groups is 1. The molecule has 27 heavy (non-hydrogen) atoms. The van der Waals surface area contributed by atoms with Crippen molar-refractivity contribution in [1.82, 2.24) is 0 Å². The number of halogens is 6. The monoisotopic (exact) mass is 398 g/mol. The Labute approximate surface area is 154 Å². The third kappa shape index (κ3) is 3.72. The molecule has 0 aliphatic heterocycles. The molecule has 8 heteroatoms. The highest BCUT2D eigenvalue weighted by Crippen LogP contribution is 2.60. The van der Waals surface area contributed by atoms with E-state index in [9.17, 15) is 31.1 Å². The van der Waals surface area contributed by atoms with Crippen LogP contribution in [0.3, 0.4) is 0 Å². The smallest absolute Gasteiger partial charge is 0.363 e. The van der Waals surface area contributed by atoms with Gasteiger partial charge < -0.3 is 5.11 Å². The van der Waals surface area contributed by atoms with E-state index in [0.717, 1.165) is 18.8 Å². The van der Waals surface area contributed by atoms with Gasteiger partial charge in [-0.15, -0.1) is 0 Å². The molecule has 0 bridgehead atoms. The van der Waals surface area contributed by atoms with Crippen molar-refractivity contribution in [2.75, 3.05) is 0 Å². The van der Waals surface area contributed by atoms with Gasteiger partial charge in [-0.2, -0.15) is 26.3 Å². The molecule has 0 spiro atoms. The van der Waals surface area contributed by atoms with E-state index in [-0.39, 0.29) is 29.5 Å². The maximum atomic E-state index is 12.7. The number of carbonyl (C=O) groups excluding carboxylic acids is 1. The van der Waals surface area contributed by atoms with E-state index in [0.29, 0.717) is 19.3 Å². The predicted molar refractivity (Wildman–Crippen MR) is 86.4 cm³/mol. The number of aliphatic hydroxyl groups is 1. The second-order valence-corrected chi connectivity index (χ2v) is 8.68. The highest BCUT2D eigenvalue weighted by atomic mass is 19.4. The first kappa shape index (κ1) is 22.1. The first-order valence-corrected chi connectivity index (χ1v) is 8.95. The molecule has 0 aromatic rings. The molecule has 2 nitrogen and oxygen atoms in total. The van der Waals surface area contributed by atoms with Gasteiger partial charge in [-0.05, 0) is 48.4 Å². The number of hydrogen-bond acceptors (Lipinski definition) is 2. The van der Waals surface area contributed by atoms with Crippen LogP contribution >= 0.6 is 0 Å².